The molecule has 0 aliphatic rings. The average Bonchev–Trinajstić information content (AvgIpc) is 2.56. The van der Waals surface area contributed by atoms with Gasteiger partial charge in [-0.25, -0.2) is 4.79 Å². The summed E-state index contributed by atoms with van der Waals surface area (Å²) in [7, 11) is 0. The molecule has 2 rings (SSSR count). The summed E-state index contributed by atoms with van der Waals surface area (Å²) in [5, 5.41) is 7.77. The number of nitrogens with one attached hydrogen (secondary N) is 1. The first-order valence-electron chi connectivity index (χ1n) is 4.75. The highest BCUT2D eigenvalue weighted by Crippen LogP contribution is 2.11. The van der Waals surface area contributed by atoms with Crippen LogP contribution in [0.25, 0.3) is 5.52 Å². The summed E-state index contributed by atoms with van der Waals surface area (Å²) >= 11 is 0. The Balaban J connectivity index is 2.73. The van der Waals surface area contributed by atoms with Crippen LogP contribution >= 0.6 is 0 Å². The zero-order valence-electron chi connectivity index (χ0n) is 8.85. The molecular formula is C9H10N4O3. The van der Waals surface area contributed by atoms with E-state index in [1.54, 1.807) is 13.8 Å². The highest BCUT2D eigenvalue weighted by atomic mass is 16.5. The number of esters is 1. The van der Waals surface area contributed by atoms with Crippen LogP contribution in [0.15, 0.2) is 11.1 Å². The Hall–Kier alpha value is -2.18. The fourth-order valence-electron chi connectivity index (χ4n) is 1.46. The molecule has 2 aromatic rings. The molecule has 0 saturated heterocycles. The third-order valence-corrected chi connectivity index (χ3v) is 2.10. The lowest BCUT2D eigenvalue weighted by Crippen LogP contribution is -2.15. The molecule has 0 fully saturated rings. The van der Waals surface area contributed by atoms with Crippen molar-refractivity contribution in [1.29, 1.82) is 0 Å². The first-order chi connectivity index (χ1) is 7.65. The van der Waals surface area contributed by atoms with E-state index in [4.69, 9.17) is 4.74 Å². The van der Waals surface area contributed by atoms with Crippen molar-refractivity contribution in [1.82, 2.24) is 19.8 Å². The fraction of sp³-hybridized carbons (Fsp3) is 0.333. The second-order valence-corrected chi connectivity index (χ2v) is 3.14. The molecule has 0 aliphatic heterocycles. The van der Waals surface area contributed by atoms with Crippen molar-refractivity contribution in [2.45, 2.75) is 13.8 Å². The number of nitrogens with zero attached hydrogens (tertiary/aromatic N) is 3. The molecule has 1 N–H and O–H groups in total. The van der Waals surface area contributed by atoms with Crippen molar-refractivity contribution >= 4 is 11.5 Å². The van der Waals surface area contributed by atoms with Crippen molar-refractivity contribution in [2.75, 3.05) is 6.61 Å². The van der Waals surface area contributed by atoms with Gasteiger partial charge in [-0.3, -0.25) is 4.79 Å². The molecule has 84 valence electrons. The van der Waals surface area contributed by atoms with Gasteiger partial charge in [0.05, 0.1) is 12.3 Å². The number of aromatic nitrogens is 4. The smallest absolute Gasteiger partial charge is 0.342 e. The van der Waals surface area contributed by atoms with E-state index in [0.29, 0.717) is 5.69 Å². The minimum Gasteiger partial charge on any atom is -0.462 e. The monoisotopic (exact) mass is 222 g/mol. The number of aromatic amines is 1. The Morgan fingerprint density at radius 2 is 2.38 bits per heavy atom. The van der Waals surface area contributed by atoms with E-state index in [1.165, 1.54) is 6.33 Å². The Morgan fingerprint density at radius 3 is 3.06 bits per heavy atom. The van der Waals surface area contributed by atoms with E-state index in [9.17, 15) is 9.59 Å². The largest absolute Gasteiger partial charge is 0.462 e. The molecule has 0 radical (unpaired) electrons. The predicted octanol–water partition coefficient (Wildman–Crippen LogP) is -0.0973. The van der Waals surface area contributed by atoms with Crippen molar-refractivity contribution < 1.29 is 9.53 Å². The Kier molecular flexibility index (Phi) is 2.43. The van der Waals surface area contributed by atoms with Crippen molar-refractivity contribution in [2.24, 2.45) is 0 Å². The maximum atomic E-state index is 11.6. The van der Waals surface area contributed by atoms with E-state index in [-0.39, 0.29) is 17.7 Å². The maximum absolute atomic E-state index is 11.6. The summed E-state index contributed by atoms with van der Waals surface area (Å²) in [5.41, 5.74) is 0.274. The SMILES string of the molecule is CCOC(=O)c1c(C)nn2nc[nH]c(=O)c12. The van der Waals surface area contributed by atoms with Gasteiger partial charge in [0.2, 0.25) is 0 Å². The Labute approximate surface area is 90.0 Å². The number of carbonyl (C=O) groups excluding carboxylic acids is 1. The van der Waals surface area contributed by atoms with E-state index >= 15 is 0 Å². The van der Waals surface area contributed by atoms with E-state index in [1.807, 2.05) is 0 Å². The van der Waals surface area contributed by atoms with E-state index in [2.05, 4.69) is 15.2 Å². The van der Waals surface area contributed by atoms with Crippen LogP contribution in [0.1, 0.15) is 23.0 Å². The van der Waals surface area contributed by atoms with Gasteiger partial charge in [0.1, 0.15) is 11.9 Å². The van der Waals surface area contributed by atoms with Crippen molar-refractivity contribution in [3.05, 3.63) is 27.9 Å². The molecule has 0 aliphatic carbocycles. The average molecular weight is 222 g/mol. The molecule has 0 unspecified atom stereocenters. The van der Waals surface area contributed by atoms with Gasteiger partial charge in [-0.1, -0.05) is 0 Å². The first kappa shape index (κ1) is 10.3. The maximum Gasteiger partial charge on any atom is 0.342 e. The Bertz CT molecular complexity index is 598. The minimum atomic E-state index is -0.562. The van der Waals surface area contributed by atoms with Gasteiger partial charge in [0, 0.05) is 0 Å². The quantitative estimate of drug-likeness (QED) is 0.717. The summed E-state index contributed by atoms with van der Waals surface area (Å²) in [4.78, 5) is 25.6. The molecule has 2 heterocycles. The van der Waals surface area contributed by atoms with Crippen LogP contribution in [0.2, 0.25) is 0 Å². The summed E-state index contributed by atoms with van der Waals surface area (Å²) in [6.45, 7) is 3.57. The molecule has 2 aromatic heterocycles. The fourth-order valence-corrected chi connectivity index (χ4v) is 1.46. The third kappa shape index (κ3) is 1.46. The molecule has 0 aromatic carbocycles. The predicted molar refractivity (Wildman–Crippen MR) is 54.3 cm³/mol. The molecule has 0 spiro atoms. The highest BCUT2D eigenvalue weighted by molar-refractivity contribution is 5.97. The molecular weight excluding hydrogens is 212 g/mol. The van der Waals surface area contributed by atoms with Gasteiger partial charge < -0.3 is 9.72 Å². The van der Waals surface area contributed by atoms with Crippen LogP contribution in [-0.4, -0.2) is 32.4 Å². The van der Waals surface area contributed by atoms with E-state index in [0.717, 1.165) is 4.63 Å². The van der Waals surface area contributed by atoms with Crippen LogP contribution in [0.5, 0.6) is 0 Å². The van der Waals surface area contributed by atoms with Gasteiger partial charge in [0.15, 0.2) is 5.52 Å². The van der Waals surface area contributed by atoms with Crippen LogP contribution in [0.4, 0.5) is 0 Å². The number of aryl methyl sites for hydroxylation is 1. The van der Waals surface area contributed by atoms with Gasteiger partial charge in [0.25, 0.3) is 5.56 Å². The number of hydrogen-bond acceptors (Lipinski definition) is 5. The molecule has 7 nitrogen and oxygen atoms in total. The van der Waals surface area contributed by atoms with Gasteiger partial charge in [-0.15, -0.1) is 9.73 Å². The second-order valence-electron chi connectivity index (χ2n) is 3.14. The van der Waals surface area contributed by atoms with Gasteiger partial charge in [-0.2, -0.15) is 5.10 Å². The van der Waals surface area contributed by atoms with Crippen LogP contribution < -0.4 is 5.56 Å². The number of hydrogen-bond donors (Lipinski definition) is 1. The lowest BCUT2D eigenvalue weighted by molar-refractivity contribution is 0.0527. The summed E-state index contributed by atoms with van der Waals surface area (Å²) in [6.07, 6.45) is 1.22. The normalized spacial score (nSPS) is 10.6. The summed E-state index contributed by atoms with van der Waals surface area (Å²) in [6, 6.07) is 0. The number of carbonyl (C=O) groups is 1. The lowest BCUT2D eigenvalue weighted by Gasteiger charge is -1.99. The number of fused-ring (bicyclic) bond motifs is 1. The molecule has 0 amide bonds. The third-order valence-electron chi connectivity index (χ3n) is 2.10. The zero-order chi connectivity index (χ0) is 11.7. The zero-order valence-corrected chi connectivity index (χ0v) is 8.85. The standard InChI is InChI=1S/C9H10N4O3/c1-3-16-9(15)6-5(2)12-13-7(6)8(14)10-4-11-13/h4H,3H2,1-2H3,(H,10,11,14). The second kappa shape index (κ2) is 3.76. The lowest BCUT2D eigenvalue weighted by atomic mass is 10.2. The molecule has 16 heavy (non-hydrogen) atoms. The topological polar surface area (TPSA) is 89.3 Å². The molecule has 0 saturated carbocycles. The molecule has 0 atom stereocenters. The molecule has 7 heteroatoms. The van der Waals surface area contributed by atoms with Crippen LogP contribution in [0.3, 0.4) is 0 Å². The molecule has 0 bridgehead atoms. The highest BCUT2D eigenvalue weighted by Gasteiger charge is 2.20. The number of H-pyrrole nitrogens is 1. The number of rotatable bonds is 2. The van der Waals surface area contributed by atoms with Gasteiger partial charge >= 0.3 is 5.97 Å². The Morgan fingerprint density at radius 1 is 1.62 bits per heavy atom. The van der Waals surface area contributed by atoms with Crippen molar-refractivity contribution in [3.63, 3.8) is 0 Å². The van der Waals surface area contributed by atoms with Gasteiger partial charge in [-0.05, 0) is 13.8 Å². The minimum absolute atomic E-state index is 0.110. The summed E-state index contributed by atoms with van der Waals surface area (Å²) in [5.74, 6) is -0.562. The number of ether oxygens (including phenoxy) is 1. The first-order valence-corrected chi connectivity index (χ1v) is 4.75. The summed E-state index contributed by atoms with van der Waals surface area (Å²) < 4.78 is 5.98. The van der Waals surface area contributed by atoms with E-state index < -0.39 is 11.5 Å². The van der Waals surface area contributed by atoms with Crippen LogP contribution in [0, 0.1) is 6.92 Å². The van der Waals surface area contributed by atoms with Crippen LogP contribution in [-0.2, 0) is 4.74 Å². The van der Waals surface area contributed by atoms with Crippen molar-refractivity contribution in [3.8, 4) is 0 Å².